The van der Waals surface area contributed by atoms with Gasteiger partial charge in [-0.2, -0.15) is 0 Å². The van der Waals surface area contributed by atoms with Crippen molar-refractivity contribution in [3.05, 3.63) is 24.0 Å². The van der Waals surface area contributed by atoms with Crippen molar-refractivity contribution < 1.29 is 0 Å². The molecule has 0 aliphatic carbocycles. The van der Waals surface area contributed by atoms with Crippen LogP contribution in [0.3, 0.4) is 0 Å². The van der Waals surface area contributed by atoms with Gasteiger partial charge in [0.25, 0.3) is 0 Å². The third-order valence-corrected chi connectivity index (χ3v) is 3.09. The van der Waals surface area contributed by atoms with Crippen LogP contribution in [-0.4, -0.2) is 36.3 Å². The summed E-state index contributed by atoms with van der Waals surface area (Å²) in [5.41, 5.74) is 4.81. The Kier molecular flexibility index (Phi) is 3.07. The number of nitrogens with one attached hydrogen (secondary N) is 2. The Morgan fingerprint density at radius 3 is 3.00 bits per heavy atom. The number of nitrogens with zero attached hydrogens (tertiary/aromatic N) is 3. The molecule has 0 bridgehead atoms. The van der Waals surface area contributed by atoms with Gasteiger partial charge < -0.3 is 10.6 Å². The third kappa shape index (κ3) is 2.25. The van der Waals surface area contributed by atoms with E-state index < -0.39 is 0 Å². The SMILES string of the molecule is C[B]c1c(NC2=NCCN2)ccc2ncc(C)nc12. The lowest BCUT2D eigenvalue weighted by Gasteiger charge is -2.13. The van der Waals surface area contributed by atoms with Crippen LogP contribution in [0.2, 0.25) is 6.82 Å². The minimum atomic E-state index is 0.819. The Hall–Kier alpha value is -2.11. The summed E-state index contributed by atoms with van der Waals surface area (Å²) >= 11 is 0. The van der Waals surface area contributed by atoms with E-state index >= 15 is 0 Å². The summed E-state index contributed by atoms with van der Waals surface area (Å²) in [5.74, 6) is 0.822. The lowest BCUT2D eigenvalue weighted by Crippen LogP contribution is -2.30. The van der Waals surface area contributed by atoms with Gasteiger partial charge in [0.05, 0.1) is 23.3 Å². The Labute approximate surface area is 112 Å². The summed E-state index contributed by atoms with van der Waals surface area (Å²) in [5, 5.41) is 6.52. The average Bonchev–Trinajstić information content (AvgIpc) is 2.91. The van der Waals surface area contributed by atoms with Crippen LogP contribution < -0.4 is 16.1 Å². The maximum Gasteiger partial charge on any atom is 0.195 e. The van der Waals surface area contributed by atoms with E-state index in [2.05, 4.69) is 25.6 Å². The second-order valence-corrected chi connectivity index (χ2v) is 4.48. The highest BCUT2D eigenvalue weighted by Gasteiger charge is 2.12. The first-order chi connectivity index (χ1) is 9.28. The van der Waals surface area contributed by atoms with Gasteiger partial charge in [-0.05, 0) is 24.5 Å². The molecule has 0 fully saturated rings. The standard InChI is InChI=1S/C13H15BN5/c1-8-7-17-10-4-3-9(11(14-2)12(10)18-8)19-13-15-5-6-16-13/h3-4,7H,5-6H2,1-2H3,(H2,15,16,19). The monoisotopic (exact) mass is 252 g/mol. The molecule has 2 N–H and O–H groups in total. The van der Waals surface area contributed by atoms with Crippen LogP contribution in [0.1, 0.15) is 5.69 Å². The molecule has 1 aliphatic rings. The number of hydrogen-bond acceptors (Lipinski definition) is 5. The fourth-order valence-corrected chi connectivity index (χ4v) is 2.20. The molecule has 2 heterocycles. The number of aromatic nitrogens is 2. The minimum Gasteiger partial charge on any atom is -0.354 e. The molecule has 1 radical (unpaired) electrons. The Balaban J connectivity index is 2.08. The zero-order valence-corrected chi connectivity index (χ0v) is 11.1. The van der Waals surface area contributed by atoms with E-state index in [-0.39, 0.29) is 0 Å². The van der Waals surface area contributed by atoms with Crippen molar-refractivity contribution in [1.82, 2.24) is 15.3 Å². The van der Waals surface area contributed by atoms with Crippen molar-refractivity contribution in [1.29, 1.82) is 0 Å². The molecule has 0 saturated carbocycles. The molecule has 0 saturated heterocycles. The van der Waals surface area contributed by atoms with Gasteiger partial charge in [0, 0.05) is 18.4 Å². The summed E-state index contributed by atoms with van der Waals surface area (Å²) in [7, 11) is 2.05. The van der Waals surface area contributed by atoms with Gasteiger partial charge >= 0.3 is 0 Å². The van der Waals surface area contributed by atoms with Crippen LogP contribution in [0.5, 0.6) is 0 Å². The zero-order valence-electron chi connectivity index (χ0n) is 11.1. The lowest BCUT2D eigenvalue weighted by molar-refractivity contribution is 0.959. The molecule has 1 aromatic heterocycles. The second-order valence-electron chi connectivity index (χ2n) is 4.48. The first-order valence-electron chi connectivity index (χ1n) is 6.39. The minimum absolute atomic E-state index is 0.819. The number of guanidine groups is 1. The molecule has 3 rings (SSSR count). The highest BCUT2D eigenvalue weighted by molar-refractivity contribution is 6.58. The van der Waals surface area contributed by atoms with Gasteiger partial charge in [-0.1, -0.05) is 6.82 Å². The second kappa shape index (κ2) is 4.88. The fourth-order valence-electron chi connectivity index (χ4n) is 2.20. The molecule has 19 heavy (non-hydrogen) atoms. The molecular formula is C13H15BN5. The predicted molar refractivity (Wildman–Crippen MR) is 79.5 cm³/mol. The van der Waals surface area contributed by atoms with E-state index in [0.717, 1.165) is 46.9 Å². The van der Waals surface area contributed by atoms with Gasteiger partial charge in [0.1, 0.15) is 0 Å². The average molecular weight is 252 g/mol. The van der Waals surface area contributed by atoms with Crippen molar-refractivity contribution in [2.75, 3.05) is 18.4 Å². The van der Waals surface area contributed by atoms with Crippen LogP contribution in [-0.2, 0) is 0 Å². The molecule has 5 nitrogen and oxygen atoms in total. The van der Waals surface area contributed by atoms with Gasteiger partial charge in [-0.15, -0.1) is 0 Å². The molecule has 0 amide bonds. The Bertz CT molecular complexity index is 653. The molecule has 0 spiro atoms. The van der Waals surface area contributed by atoms with Crippen LogP contribution in [0.25, 0.3) is 11.0 Å². The molecule has 95 valence electrons. The van der Waals surface area contributed by atoms with Crippen LogP contribution in [0, 0.1) is 6.92 Å². The van der Waals surface area contributed by atoms with Crippen molar-refractivity contribution in [2.24, 2.45) is 4.99 Å². The number of aliphatic imine (C=N–C) groups is 1. The molecule has 1 aromatic carbocycles. The van der Waals surface area contributed by atoms with Crippen LogP contribution in [0.4, 0.5) is 5.69 Å². The van der Waals surface area contributed by atoms with E-state index in [4.69, 9.17) is 0 Å². The maximum absolute atomic E-state index is 4.59. The highest BCUT2D eigenvalue weighted by Crippen LogP contribution is 2.14. The van der Waals surface area contributed by atoms with E-state index in [1.165, 1.54) is 0 Å². The van der Waals surface area contributed by atoms with Gasteiger partial charge in [-0.25, -0.2) is 0 Å². The highest BCUT2D eigenvalue weighted by atomic mass is 15.2. The zero-order chi connectivity index (χ0) is 13.2. The van der Waals surface area contributed by atoms with Gasteiger partial charge in [0.15, 0.2) is 13.2 Å². The fraction of sp³-hybridized carbons (Fsp3) is 0.308. The number of hydrogen-bond donors (Lipinski definition) is 2. The molecule has 0 unspecified atom stereocenters. The Morgan fingerprint density at radius 2 is 2.26 bits per heavy atom. The first-order valence-corrected chi connectivity index (χ1v) is 6.39. The topological polar surface area (TPSA) is 62.2 Å². The summed E-state index contributed by atoms with van der Waals surface area (Å²) in [4.78, 5) is 13.3. The van der Waals surface area contributed by atoms with Gasteiger partial charge in [0.2, 0.25) is 0 Å². The van der Waals surface area contributed by atoms with Crippen molar-refractivity contribution >= 4 is 35.4 Å². The smallest absolute Gasteiger partial charge is 0.195 e. The molecule has 6 heteroatoms. The first kappa shape index (κ1) is 12.0. The predicted octanol–water partition coefficient (Wildman–Crippen LogP) is 0.687. The number of anilines is 1. The van der Waals surface area contributed by atoms with E-state index in [0.29, 0.717) is 0 Å². The van der Waals surface area contributed by atoms with E-state index in [1.54, 1.807) is 6.20 Å². The van der Waals surface area contributed by atoms with Crippen molar-refractivity contribution in [3.8, 4) is 0 Å². The van der Waals surface area contributed by atoms with Gasteiger partial charge in [-0.3, -0.25) is 15.0 Å². The summed E-state index contributed by atoms with van der Waals surface area (Å²) in [6, 6.07) is 4.00. The van der Waals surface area contributed by atoms with E-state index in [1.807, 2.05) is 33.2 Å². The normalized spacial score (nSPS) is 14.1. The van der Waals surface area contributed by atoms with Crippen molar-refractivity contribution in [3.63, 3.8) is 0 Å². The summed E-state index contributed by atoms with van der Waals surface area (Å²) in [6.07, 6.45) is 1.79. The number of rotatable bonds is 2. The third-order valence-electron chi connectivity index (χ3n) is 3.09. The largest absolute Gasteiger partial charge is 0.354 e. The van der Waals surface area contributed by atoms with Crippen LogP contribution >= 0.6 is 0 Å². The summed E-state index contributed by atoms with van der Waals surface area (Å²) in [6.45, 7) is 5.67. The number of fused-ring (bicyclic) bond motifs is 1. The van der Waals surface area contributed by atoms with E-state index in [9.17, 15) is 0 Å². The molecule has 1 aliphatic heterocycles. The maximum atomic E-state index is 4.59. The molecular weight excluding hydrogens is 237 g/mol. The quantitative estimate of drug-likeness (QED) is 0.772. The number of benzene rings is 1. The Morgan fingerprint density at radius 1 is 1.37 bits per heavy atom. The molecule has 0 atom stereocenters. The van der Waals surface area contributed by atoms with Crippen molar-refractivity contribution in [2.45, 2.75) is 13.7 Å². The summed E-state index contributed by atoms with van der Waals surface area (Å²) < 4.78 is 0. The lowest BCUT2D eigenvalue weighted by atomic mass is 9.71. The molecule has 2 aromatic rings. The number of aryl methyl sites for hydroxylation is 1. The van der Waals surface area contributed by atoms with Crippen LogP contribution in [0.15, 0.2) is 23.3 Å².